The second-order valence-corrected chi connectivity index (χ2v) is 2.37. The number of aryl methyl sites for hydroxylation is 1. The van der Waals surface area contributed by atoms with E-state index in [9.17, 15) is 0 Å². The highest BCUT2D eigenvalue weighted by Gasteiger charge is 1.99. The van der Waals surface area contributed by atoms with Crippen LogP contribution < -0.4 is 5.73 Å². The average molecular weight is 137 g/mol. The van der Waals surface area contributed by atoms with E-state index < -0.39 is 0 Å². The molecule has 54 valence electrons. The lowest BCUT2D eigenvalue weighted by Crippen LogP contribution is -2.08. The molecule has 3 nitrogen and oxygen atoms in total. The molecule has 0 saturated carbocycles. The number of aromatic nitrogens is 2. The van der Waals surface area contributed by atoms with Gasteiger partial charge in [-0.05, 0) is 13.8 Å². The molecule has 1 heterocycles. The summed E-state index contributed by atoms with van der Waals surface area (Å²) in [7, 11) is 0. The highest BCUT2D eigenvalue weighted by molar-refractivity contribution is 5.04. The predicted octanol–water partition coefficient (Wildman–Crippen LogP) is 0.805. The first kappa shape index (κ1) is 7.15. The summed E-state index contributed by atoms with van der Waals surface area (Å²) in [5, 5.41) is 0. The Morgan fingerprint density at radius 2 is 2.20 bits per heavy atom. The van der Waals surface area contributed by atoms with Crippen molar-refractivity contribution in [2.75, 3.05) is 0 Å². The molecule has 10 heavy (non-hydrogen) atoms. The molecule has 1 rings (SSSR count). The van der Waals surface area contributed by atoms with Gasteiger partial charge in [-0.1, -0.05) is 0 Å². The Morgan fingerprint density at radius 3 is 2.60 bits per heavy atom. The van der Waals surface area contributed by atoms with E-state index in [1.165, 1.54) is 0 Å². The first-order valence-corrected chi connectivity index (χ1v) is 3.24. The van der Waals surface area contributed by atoms with Crippen molar-refractivity contribution in [2.24, 2.45) is 5.73 Å². The summed E-state index contributed by atoms with van der Waals surface area (Å²) in [6, 6.07) is -0.0209. The molecule has 0 aliphatic heterocycles. The lowest BCUT2D eigenvalue weighted by molar-refractivity contribution is 0.765. The monoisotopic (exact) mass is 137 g/mol. The molecular weight excluding hydrogens is 126 g/mol. The largest absolute Gasteiger partial charge is 0.323 e. The molecule has 0 spiro atoms. The van der Waals surface area contributed by atoms with Gasteiger partial charge >= 0.3 is 0 Å². The van der Waals surface area contributed by atoms with Gasteiger partial charge in [-0.2, -0.15) is 0 Å². The Kier molecular flexibility index (Phi) is 1.97. The Bertz CT molecular complexity index is 220. The molecule has 0 saturated heterocycles. The highest BCUT2D eigenvalue weighted by Crippen LogP contribution is 2.03. The van der Waals surface area contributed by atoms with Crippen LogP contribution in [-0.2, 0) is 0 Å². The Hall–Kier alpha value is -0.960. The van der Waals surface area contributed by atoms with E-state index in [1.54, 1.807) is 12.4 Å². The molecule has 0 bridgehead atoms. The molecule has 2 N–H and O–H groups in total. The first-order chi connectivity index (χ1) is 4.70. The van der Waals surface area contributed by atoms with Gasteiger partial charge in [0.1, 0.15) is 0 Å². The van der Waals surface area contributed by atoms with Crippen molar-refractivity contribution < 1.29 is 0 Å². The second-order valence-electron chi connectivity index (χ2n) is 2.37. The standard InChI is InChI=1S/C7H11N3/c1-5-3-9-4-7(10-5)6(2)8/h3-4,6H,8H2,1-2H3/t6-/m0/s1. The van der Waals surface area contributed by atoms with Gasteiger partial charge < -0.3 is 5.73 Å². The molecule has 0 amide bonds. The van der Waals surface area contributed by atoms with Gasteiger partial charge in [0.25, 0.3) is 0 Å². The normalized spacial score (nSPS) is 13.1. The van der Waals surface area contributed by atoms with Crippen LogP contribution >= 0.6 is 0 Å². The number of nitrogens with zero attached hydrogens (tertiary/aromatic N) is 2. The summed E-state index contributed by atoms with van der Waals surface area (Å²) < 4.78 is 0. The second kappa shape index (κ2) is 2.75. The third kappa shape index (κ3) is 1.51. The minimum Gasteiger partial charge on any atom is -0.323 e. The van der Waals surface area contributed by atoms with Crippen molar-refractivity contribution in [3.63, 3.8) is 0 Å². The topological polar surface area (TPSA) is 51.8 Å². The number of hydrogen-bond donors (Lipinski definition) is 1. The lowest BCUT2D eigenvalue weighted by atomic mass is 10.2. The van der Waals surface area contributed by atoms with Crippen LogP contribution in [0.3, 0.4) is 0 Å². The Morgan fingerprint density at radius 1 is 1.50 bits per heavy atom. The van der Waals surface area contributed by atoms with E-state index in [-0.39, 0.29) is 6.04 Å². The summed E-state index contributed by atoms with van der Waals surface area (Å²) in [5.41, 5.74) is 7.34. The SMILES string of the molecule is Cc1cncc([C@H](C)N)n1. The van der Waals surface area contributed by atoms with Crippen molar-refractivity contribution in [1.82, 2.24) is 9.97 Å². The minimum absolute atomic E-state index is 0.0209. The zero-order valence-corrected chi connectivity index (χ0v) is 6.20. The fourth-order valence-corrected chi connectivity index (χ4v) is 0.702. The average Bonchev–Trinajstić information content (AvgIpc) is 1.88. The Labute approximate surface area is 60.3 Å². The van der Waals surface area contributed by atoms with Gasteiger partial charge in [0.15, 0.2) is 0 Å². The van der Waals surface area contributed by atoms with Gasteiger partial charge in [0, 0.05) is 18.4 Å². The molecule has 1 aromatic heterocycles. The Balaban J connectivity index is 2.96. The predicted molar refractivity (Wildman–Crippen MR) is 39.4 cm³/mol. The zero-order chi connectivity index (χ0) is 7.56. The van der Waals surface area contributed by atoms with Crippen molar-refractivity contribution in [3.05, 3.63) is 23.8 Å². The van der Waals surface area contributed by atoms with Crippen LogP contribution in [0.1, 0.15) is 24.4 Å². The quantitative estimate of drug-likeness (QED) is 0.623. The van der Waals surface area contributed by atoms with Crippen LogP contribution in [0, 0.1) is 6.92 Å². The molecule has 0 unspecified atom stereocenters. The van der Waals surface area contributed by atoms with Gasteiger partial charge in [-0.3, -0.25) is 9.97 Å². The van der Waals surface area contributed by atoms with E-state index >= 15 is 0 Å². The number of rotatable bonds is 1. The van der Waals surface area contributed by atoms with E-state index in [1.807, 2.05) is 13.8 Å². The van der Waals surface area contributed by atoms with Crippen LogP contribution in [-0.4, -0.2) is 9.97 Å². The first-order valence-electron chi connectivity index (χ1n) is 3.24. The fourth-order valence-electron chi connectivity index (χ4n) is 0.702. The van der Waals surface area contributed by atoms with E-state index in [0.717, 1.165) is 11.4 Å². The smallest absolute Gasteiger partial charge is 0.0754 e. The van der Waals surface area contributed by atoms with Crippen molar-refractivity contribution in [3.8, 4) is 0 Å². The molecule has 0 fully saturated rings. The molecule has 3 heteroatoms. The number of nitrogens with two attached hydrogens (primary N) is 1. The molecule has 0 aromatic carbocycles. The van der Waals surface area contributed by atoms with Crippen molar-refractivity contribution >= 4 is 0 Å². The molecule has 0 aliphatic rings. The summed E-state index contributed by atoms with van der Waals surface area (Å²) in [4.78, 5) is 8.15. The molecule has 1 atom stereocenters. The fraction of sp³-hybridized carbons (Fsp3) is 0.429. The van der Waals surface area contributed by atoms with E-state index in [4.69, 9.17) is 5.73 Å². The van der Waals surface area contributed by atoms with Gasteiger partial charge in [0.05, 0.1) is 11.4 Å². The van der Waals surface area contributed by atoms with Crippen LogP contribution in [0.25, 0.3) is 0 Å². The lowest BCUT2D eigenvalue weighted by Gasteiger charge is -2.02. The maximum atomic E-state index is 5.58. The highest BCUT2D eigenvalue weighted by atomic mass is 14.8. The third-order valence-corrected chi connectivity index (χ3v) is 1.24. The van der Waals surface area contributed by atoms with Gasteiger partial charge in [-0.15, -0.1) is 0 Å². The molecule has 0 aliphatic carbocycles. The maximum absolute atomic E-state index is 5.58. The molecule has 0 radical (unpaired) electrons. The van der Waals surface area contributed by atoms with Crippen molar-refractivity contribution in [2.45, 2.75) is 19.9 Å². The third-order valence-electron chi connectivity index (χ3n) is 1.24. The van der Waals surface area contributed by atoms with Gasteiger partial charge in [0.2, 0.25) is 0 Å². The van der Waals surface area contributed by atoms with Crippen LogP contribution in [0.4, 0.5) is 0 Å². The van der Waals surface area contributed by atoms with E-state index in [0.29, 0.717) is 0 Å². The van der Waals surface area contributed by atoms with Gasteiger partial charge in [-0.25, -0.2) is 0 Å². The number of hydrogen-bond acceptors (Lipinski definition) is 3. The van der Waals surface area contributed by atoms with Crippen molar-refractivity contribution in [1.29, 1.82) is 0 Å². The van der Waals surface area contributed by atoms with E-state index in [2.05, 4.69) is 9.97 Å². The summed E-state index contributed by atoms with van der Waals surface area (Å²) >= 11 is 0. The zero-order valence-electron chi connectivity index (χ0n) is 6.20. The summed E-state index contributed by atoms with van der Waals surface area (Å²) in [5.74, 6) is 0. The minimum atomic E-state index is -0.0209. The summed E-state index contributed by atoms with van der Waals surface area (Å²) in [6.07, 6.45) is 3.41. The maximum Gasteiger partial charge on any atom is 0.0754 e. The summed E-state index contributed by atoms with van der Waals surface area (Å²) in [6.45, 7) is 3.79. The molecular formula is C7H11N3. The molecule has 1 aromatic rings. The van der Waals surface area contributed by atoms with Crippen LogP contribution in [0.2, 0.25) is 0 Å². The van der Waals surface area contributed by atoms with Crippen LogP contribution in [0.5, 0.6) is 0 Å². The van der Waals surface area contributed by atoms with Crippen LogP contribution in [0.15, 0.2) is 12.4 Å².